The topological polar surface area (TPSA) is 82.7 Å². The lowest BCUT2D eigenvalue weighted by Crippen LogP contribution is -2.26. The number of hydrogen-bond acceptors (Lipinski definition) is 4. The normalized spacial score (nSPS) is 12.8. The summed E-state index contributed by atoms with van der Waals surface area (Å²) in [5.74, 6) is 0.508. The van der Waals surface area contributed by atoms with E-state index in [0.29, 0.717) is 28.5 Å². The van der Waals surface area contributed by atoms with Crippen LogP contribution in [0.2, 0.25) is 5.02 Å². The highest BCUT2D eigenvalue weighted by Crippen LogP contribution is 2.31. The van der Waals surface area contributed by atoms with Crippen LogP contribution in [-0.2, 0) is 6.54 Å². The fourth-order valence-corrected chi connectivity index (χ4v) is 4.27. The van der Waals surface area contributed by atoms with E-state index in [4.69, 9.17) is 16.3 Å². The van der Waals surface area contributed by atoms with E-state index in [1.165, 1.54) is 0 Å². The van der Waals surface area contributed by atoms with Gasteiger partial charge in [0.1, 0.15) is 5.75 Å². The van der Waals surface area contributed by atoms with Gasteiger partial charge in [0.15, 0.2) is 0 Å². The molecule has 1 aliphatic heterocycles. The molecular weight excluding hydrogens is 464 g/mol. The van der Waals surface area contributed by atoms with Crippen molar-refractivity contribution in [2.24, 2.45) is 0 Å². The van der Waals surface area contributed by atoms with E-state index in [9.17, 15) is 9.59 Å². The van der Waals surface area contributed by atoms with Crippen LogP contribution in [0.4, 0.5) is 21.9 Å². The largest absolute Gasteiger partial charge is 0.497 e. The van der Waals surface area contributed by atoms with Gasteiger partial charge in [-0.2, -0.15) is 0 Å². The Labute approximate surface area is 210 Å². The van der Waals surface area contributed by atoms with Crippen molar-refractivity contribution in [1.29, 1.82) is 0 Å². The average Bonchev–Trinajstić information content (AvgIpc) is 3.40. The van der Waals surface area contributed by atoms with E-state index in [1.807, 2.05) is 37.3 Å². The van der Waals surface area contributed by atoms with Gasteiger partial charge in [-0.25, -0.2) is 4.79 Å². The molecule has 1 saturated heterocycles. The van der Waals surface area contributed by atoms with Crippen molar-refractivity contribution in [1.82, 2.24) is 5.32 Å². The molecule has 0 aliphatic carbocycles. The number of urea groups is 1. The number of methoxy groups -OCH3 is 1. The van der Waals surface area contributed by atoms with E-state index in [0.717, 1.165) is 48.5 Å². The van der Waals surface area contributed by atoms with E-state index in [1.54, 1.807) is 37.4 Å². The van der Waals surface area contributed by atoms with Crippen molar-refractivity contribution >= 4 is 40.6 Å². The number of anilines is 3. The van der Waals surface area contributed by atoms with Crippen LogP contribution >= 0.6 is 11.6 Å². The summed E-state index contributed by atoms with van der Waals surface area (Å²) < 4.78 is 5.25. The number of hydrogen-bond donors (Lipinski definition) is 3. The standard InChI is InChI=1S/C27H29ClN4O3/c1-18-22(28)9-6-10-23(18)30-27(34)31-24-16-20(11-12-25(24)32-13-3-4-14-32)26(33)29-17-19-7-5-8-21(15-19)35-2/h5-12,15-16H,3-4,13-14,17H2,1-2H3,(H,29,33)(H2,30,31,34). The van der Waals surface area contributed by atoms with Crippen LogP contribution in [0.3, 0.4) is 0 Å². The second kappa shape index (κ2) is 11.1. The number of nitrogens with one attached hydrogen (secondary N) is 3. The van der Waals surface area contributed by atoms with Crippen molar-refractivity contribution in [3.63, 3.8) is 0 Å². The molecule has 7 nitrogen and oxygen atoms in total. The van der Waals surface area contributed by atoms with Gasteiger partial charge in [0.25, 0.3) is 5.91 Å². The molecule has 1 aliphatic rings. The third-order valence-corrected chi connectivity index (χ3v) is 6.47. The molecule has 0 saturated carbocycles. The van der Waals surface area contributed by atoms with Crippen LogP contribution in [-0.4, -0.2) is 32.1 Å². The van der Waals surface area contributed by atoms with E-state index >= 15 is 0 Å². The predicted molar refractivity (Wildman–Crippen MR) is 141 cm³/mol. The fourth-order valence-electron chi connectivity index (χ4n) is 4.10. The van der Waals surface area contributed by atoms with Gasteiger partial charge in [0.05, 0.1) is 18.5 Å². The monoisotopic (exact) mass is 492 g/mol. The summed E-state index contributed by atoms with van der Waals surface area (Å²) in [6, 6.07) is 17.9. The zero-order valence-corrected chi connectivity index (χ0v) is 20.6. The lowest BCUT2D eigenvalue weighted by atomic mass is 10.1. The zero-order chi connectivity index (χ0) is 24.8. The van der Waals surface area contributed by atoms with Crippen LogP contribution in [0.15, 0.2) is 60.7 Å². The molecule has 4 rings (SSSR count). The van der Waals surface area contributed by atoms with Crippen LogP contribution in [0.5, 0.6) is 5.75 Å². The number of ether oxygens (including phenoxy) is 1. The fraction of sp³-hybridized carbons (Fsp3) is 0.259. The molecule has 0 atom stereocenters. The Morgan fingerprint density at radius 3 is 2.49 bits per heavy atom. The van der Waals surface area contributed by atoms with E-state index in [-0.39, 0.29) is 5.91 Å². The molecular formula is C27H29ClN4O3. The van der Waals surface area contributed by atoms with Crippen LogP contribution in [0.25, 0.3) is 0 Å². The summed E-state index contributed by atoms with van der Waals surface area (Å²) in [6.07, 6.45) is 2.19. The number of nitrogens with zero attached hydrogens (tertiary/aromatic N) is 1. The van der Waals surface area contributed by atoms with Gasteiger partial charge >= 0.3 is 6.03 Å². The van der Waals surface area contributed by atoms with Gasteiger partial charge < -0.3 is 25.6 Å². The summed E-state index contributed by atoms with van der Waals surface area (Å²) in [6.45, 7) is 4.03. The Morgan fingerprint density at radius 2 is 1.71 bits per heavy atom. The summed E-state index contributed by atoms with van der Waals surface area (Å²) >= 11 is 6.19. The zero-order valence-electron chi connectivity index (χ0n) is 19.9. The van der Waals surface area contributed by atoms with Crippen molar-refractivity contribution in [3.05, 3.63) is 82.4 Å². The minimum absolute atomic E-state index is 0.227. The molecule has 3 aromatic carbocycles. The molecule has 1 fully saturated rings. The Balaban J connectivity index is 1.51. The minimum atomic E-state index is -0.398. The number of carbonyl (C=O) groups excluding carboxylic acids is 2. The molecule has 3 N–H and O–H groups in total. The smallest absolute Gasteiger partial charge is 0.323 e. The number of amides is 3. The SMILES string of the molecule is COc1cccc(CNC(=O)c2ccc(N3CCCC3)c(NC(=O)Nc3cccc(Cl)c3C)c2)c1. The Kier molecular flexibility index (Phi) is 7.77. The Bertz CT molecular complexity index is 1220. The lowest BCUT2D eigenvalue weighted by molar-refractivity contribution is 0.0951. The Hall–Kier alpha value is -3.71. The first kappa shape index (κ1) is 24.4. The highest BCUT2D eigenvalue weighted by Gasteiger charge is 2.19. The van der Waals surface area contributed by atoms with Crippen LogP contribution in [0, 0.1) is 6.92 Å². The molecule has 1 heterocycles. The number of rotatable bonds is 7. The molecule has 3 aromatic rings. The molecule has 3 amide bonds. The van der Waals surface area contributed by atoms with Crippen LogP contribution in [0.1, 0.15) is 34.3 Å². The van der Waals surface area contributed by atoms with Gasteiger partial charge in [-0.1, -0.05) is 29.8 Å². The minimum Gasteiger partial charge on any atom is -0.497 e. The van der Waals surface area contributed by atoms with Gasteiger partial charge in [0.2, 0.25) is 0 Å². The number of benzene rings is 3. The molecule has 35 heavy (non-hydrogen) atoms. The number of halogens is 1. The first-order chi connectivity index (χ1) is 16.9. The van der Waals surface area contributed by atoms with Crippen LogP contribution < -0.4 is 25.6 Å². The first-order valence-corrected chi connectivity index (χ1v) is 12.0. The summed E-state index contributed by atoms with van der Waals surface area (Å²) in [4.78, 5) is 28.0. The van der Waals surface area contributed by atoms with E-state index in [2.05, 4.69) is 20.9 Å². The summed E-state index contributed by atoms with van der Waals surface area (Å²) in [5, 5.41) is 9.31. The molecule has 0 unspecified atom stereocenters. The molecule has 0 spiro atoms. The average molecular weight is 493 g/mol. The third-order valence-electron chi connectivity index (χ3n) is 6.06. The molecule has 0 radical (unpaired) electrons. The summed E-state index contributed by atoms with van der Waals surface area (Å²) in [5.41, 5.74) is 4.29. The second-order valence-corrected chi connectivity index (χ2v) is 8.86. The molecule has 0 aromatic heterocycles. The van der Waals surface area contributed by atoms with Crippen molar-refractivity contribution < 1.29 is 14.3 Å². The van der Waals surface area contributed by atoms with Gasteiger partial charge in [0, 0.05) is 35.9 Å². The second-order valence-electron chi connectivity index (χ2n) is 8.45. The van der Waals surface area contributed by atoms with Crippen molar-refractivity contribution in [2.45, 2.75) is 26.3 Å². The van der Waals surface area contributed by atoms with Crippen molar-refractivity contribution in [3.8, 4) is 5.75 Å². The maximum Gasteiger partial charge on any atom is 0.323 e. The highest BCUT2D eigenvalue weighted by atomic mass is 35.5. The van der Waals surface area contributed by atoms with Gasteiger partial charge in [-0.05, 0) is 73.4 Å². The number of carbonyl (C=O) groups is 2. The van der Waals surface area contributed by atoms with Gasteiger partial charge in [-0.15, -0.1) is 0 Å². The Morgan fingerprint density at radius 1 is 0.971 bits per heavy atom. The molecule has 182 valence electrons. The molecule has 8 heteroatoms. The van der Waals surface area contributed by atoms with Crippen molar-refractivity contribution in [2.75, 3.05) is 35.7 Å². The molecule has 0 bridgehead atoms. The quantitative estimate of drug-likeness (QED) is 0.387. The lowest BCUT2D eigenvalue weighted by Gasteiger charge is -2.22. The third kappa shape index (κ3) is 6.05. The van der Waals surface area contributed by atoms with E-state index < -0.39 is 6.03 Å². The first-order valence-electron chi connectivity index (χ1n) is 11.6. The predicted octanol–water partition coefficient (Wildman–Crippen LogP) is 5.83. The van der Waals surface area contributed by atoms with Gasteiger partial charge in [-0.3, -0.25) is 4.79 Å². The maximum absolute atomic E-state index is 12.9. The maximum atomic E-state index is 12.9. The highest BCUT2D eigenvalue weighted by molar-refractivity contribution is 6.31. The summed E-state index contributed by atoms with van der Waals surface area (Å²) in [7, 11) is 1.61.